The highest BCUT2D eigenvalue weighted by molar-refractivity contribution is 5.93. The maximum Gasteiger partial charge on any atom is 0.325 e. The van der Waals surface area contributed by atoms with Gasteiger partial charge >= 0.3 is 5.97 Å². The number of carboxylic acid groups (broad SMARTS) is 1. The molecule has 0 saturated heterocycles. The zero-order chi connectivity index (χ0) is 21.0. The van der Waals surface area contributed by atoms with Gasteiger partial charge in [-0.3, -0.25) is 28.8 Å². The first-order chi connectivity index (χ1) is 12.6. The number of amides is 5. The lowest BCUT2D eigenvalue weighted by Gasteiger charge is -2.14. The summed E-state index contributed by atoms with van der Waals surface area (Å²) in [5.74, 6) is -4.41. The molecule has 8 N–H and O–H groups in total. The van der Waals surface area contributed by atoms with Gasteiger partial charge in [0.05, 0.1) is 26.2 Å². The largest absolute Gasteiger partial charge is 0.480 e. The summed E-state index contributed by atoms with van der Waals surface area (Å²) >= 11 is 0. The van der Waals surface area contributed by atoms with Gasteiger partial charge in [0, 0.05) is 0 Å². The minimum Gasteiger partial charge on any atom is -0.480 e. The Labute approximate surface area is 154 Å². The van der Waals surface area contributed by atoms with E-state index in [1.54, 1.807) is 0 Å². The molecule has 5 amide bonds. The van der Waals surface area contributed by atoms with Crippen LogP contribution in [0.5, 0.6) is 0 Å². The van der Waals surface area contributed by atoms with Crippen molar-refractivity contribution in [3.05, 3.63) is 0 Å². The average Bonchev–Trinajstić information content (AvgIpc) is 2.61. The van der Waals surface area contributed by atoms with E-state index < -0.39 is 60.7 Å². The van der Waals surface area contributed by atoms with Gasteiger partial charge in [0.25, 0.3) is 0 Å². The van der Waals surface area contributed by atoms with Crippen molar-refractivity contribution in [2.75, 3.05) is 26.2 Å². The van der Waals surface area contributed by atoms with Crippen LogP contribution in [-0.4, -0.2) is 78.9 Å². The Balaban J connectivity index is 4.09. The molecule has 0 aliphatic carbocycles. The smallest absolute Gasteiger partial charge is 0.325 e. The summed E-state index contributed by atoms with van der Waals surface area (Å²) in [4.78, 5) is 67.7. The minimum atomic E-state index is -1.22. The van der Waals surface area contributed by atoms with Gasteiger partial charge in [-0.2, -0.15) is 0 Å². The first-order valence-corrected chi connectivity index (χ1v) is 7.89. The molecule has 0 aromatic heterocycles. The fourth-order valence-electron chi connectivity index (χ4n) is 1.53. The molecule has 0 bridgehead atoms. The van der Waals surface area contributed by atoms with Crippen molar-refractivity contribution in [1.82, 2.24) is 26.6 Å². The van der Waals surface area contributed by atoms with Crippen LogP contribution >= 0.6 is 0 Å². The SMILES string of the molecule is C[C@H](NC(=O)CNC(=O)CNC(=O)[C@H](C)NC(=O)CNC(=O)CN)C(=O)O. The van der Waals surface area contributed by atoms with E-state index in [9.17, 15) is 28.8 Å². The fraction of sp³-hybridized carbons (Fsp3) is 0.571. The maximum absolute atomic E-state index is 11.8. The molecule has 0 unspecified atom stereocenters. The van der Waals surface area contributed by atoms with E-state index in [-0.39, 0.29) is 13.1 Å². The summed E-state index contributed by atoms with van der Waals surface area (Å²) in [6.07, 6.45) is 0. The molecule has 0 aromatic carbocycles. The summed E-state index contributed by atoms with van der Waals surface area (Å²) in [6.45, 7) is 1.10. The molecular weight excluding hydrogens is 364 g/mol. The molecule has 27 heavy (non-hydrogen) atoms. The van der Waals surface area contributed by atoms with E-state index in [4.69, 9.17) is 10.8 Å². The summed E-state index contributed by atoms with van der Waals surface area (Å²) < 4.78 is 0. The highest BCUT2D eigenvalue weighted by Crippen LogP contribution is 1.83. The Morgan fingerprint density at radius 2 is 1.19 bits per heavy atom. The number of aliphatic carboxylic acids is 1. The third-order valence-electron chi connectivity index (χ3n) is 3.02. The van der Waals surface area contributed by atoms with Gasteiger partial charge in [-0.15, -0.1) is 0 Å². The fourth-order valence-corrected chi connectivity index (χ4v) is 1.53. The van der Waals surface area contributed by atoms with Gasteiger partial charge in [-0.05, 0) is 13.8 Å². The number of hydrogen-bond donors (Lipinski definition) is 7. The molecule has 0 fully saturated rings. The van der Waals surface area contributed by atoms with E-state index in [1.165, 1.54) is 13.8 Å². The highest BCUT2D eigenvalue weighted by Gasteiger charge is 2.17. The summed E-state index contributed by atoms with van der Waals surface area (Å²) in [7, 11) is 0. The zero-order valence-electron chi connectivity index (χ0n) is 15.0. The van der Waals surface area contributed by atoms with Crippen molar-refractivity contribution in [2.45, 2.75) is 25.9 Å². The standard InChI is InChI=1S/C14H24N6O7/c1-7(19-11(23)5-16-9(21)3-15)13(25)18-4-10(22)17-6-12(24)20-8(2)14(26)27/h7-8H,3-6,15H2,1-2H3,(H,16,21)(H,17,22)(H,18,25)(H,19,23)(H,20,24)(H,26,27)/t7-,8-/m0/s1. The van der Waals surface area contributed by atoms with Crippen molar-refractivity contribution in [3.8, 4) is 0 Å². The molecule has 0 radical (unpaired) electrons. The summed E-state index contributed by atoms with van der Waals surface area (Å²) in [5, 5.41) is 19.8. The predicted octanol–water partition coefficient (Wildman–Crippen LogP) is -4.61. The Bertz CT molecular complexity index is 595. The van der Waals surface area contributed by atoms with E-state index >= 15 is 0 Å². The normalized spacial score (nSPS) is 12.1. The number of nitrogens with two attached hydrogens (primary N) is 1. The van der Waals surface area contributed by atoms with Crippen LogP contribution in [-0.2, 0) is 28.8 Å². The first kappa shape index (κ1) is 23.8. The molecule has 2 atom stereocenters. The lowest BCUT2D eigenvalue weighted by molar-refractivity contribution is -0.141. The van der Waals surface area contributed by atoms with Crippen molar-refractivity contribution < 1.29 is 33.9 Å². The van der Waals surface area contributed by atoms with Gasteiger partial charge in [0.1, 0.15) is 12.1 Å². The number of hydrogen-bond acceptors (Lipinski definition) is 7. The summed E-state index contributed by atoms with van der Waals surface area (Å²) in [5.41, 5.74) is 5.06. The second-order valence-corrected chi connectivity index (χ2v) is 5.39. The lowest BCUT2D eigenvalue weighted by atomic mass is 10.3. The van der Waals surface area contributed by atoms with E-state index in [0.717, 1.165) is 0 Å². The maximum atomic E-state index is 11.8. The average molecular weight is 388 g/mol. The molecule has 13 heteroatoms. The molecule has 152 valence electrons. The van der Waals surface area contributed by atoms with Crippen molar-refractivity contribution in [2.24, 2.45) is 5.73 Å². The highest BCUT2D eigenvalue weighted by atomic mass is 16.4. The van der Waals surface area contributed by atoms with Crippen LogP contribution in [0.2, 0.25) is 0 Å². The Morgan fingerprint density at radius 1 is 0.741 bits per heavy atom. The number of rotatable bonds is 11. The Morgan fingerprint density at radius 3 is 1.67 bits per heavy atom. The second kappa shape index (κ2) is 12.2. The third-order valence-corrected chi connectivity index (χ3v) is 3.02. The lowest BCUT2D eigenvalue weighted by Crippen LogP contribution is -2.50. The van der Waals surface area contributed by atoms with Gasteiger partial charge in [-0.25, -0.2) is 0 Å². The predicted molar refractivity (Wildman–Crippen MR) is 90.9 cm³/mol. The number of carboxylic acids is 1. The van der Waals surface area contributed by atoms with Gasteiger partial charge in [0.2, 0.25) is 29.5 Å². The molecule has 0 heterocycles. The van der Waals surface area contributed by atoms with E-state index in [0.29, 0.717) is 0 Å². The van der Waals surface area contributed by atoms with Crippen molar-refractivity contribution >= 4 is 35.5 Å². The second-order valence-electron chi connectivity index (χ2n) is 5.39. The summed E-state index contributed by atoms with van der Waals surface area (Å²) in [6, 6.07) is -2.08. The van der Waals surface area contributed by atoms with Gasteiger partial charge < -0.3 is 37.4 Å². The van der Waals surface area contributed by atoms with Gasteiger partial charge in [-0.1, -0.05) is 0 Å². The van der Waals surface area contributed by atoms with E-state index in [2.05, 4.69) is 26.6 Å². The van der Waals surface area contributed by atoms with Crippen LogP contribution in [0.3, 0.4) is 0 Å². The van der Waals surface area contributed by atoms with E-state index in [1.807, 2.05) is 0 Å². The topological polar surface area (TPSA) is 209 Å². The molecular formula is C14H24N6O7. The van der Waals surface area contributed by atoms with Crippen molar-refractivity contribution in [3.63, 3.8) is 0 Å². The van der Waals surface area contributed by atoms with Crippen LogP contribution in [0.15, 0.2) is 0 Å². The van der Waals surface area contributed by atoms with Crippen LogP contribution in [0, 0.1) is 0 Å². The molecule has 0 aromatic rings. The Kier molecular flexibility index (Phi) is 10.7. The number of carbonyl (C=O) groups is 6. The van der Waals surface area contributed by atoms with Crippen LogP contribution in [0.1, 0.15) is 13.8 Å². The molecule has 0 saturated carbocycles. The molecule has 0 aliphatic heterocycles. The molecule has 0 aliphatic rings. The first-order valence-electron chi connectivity index (χ1n) is 7.89. The number of carbonyl (C=O) groups excluding carboxylic acids is 5. The van der Waals surface area contributed by atoms with Crippen LogP contribution in [0.25, 0.3) is 0 Å². The van der Waals surface area contributed by atoms with Crippen molar-refractivity contribution in [1.29, 1.82) is 0 Å². The molecule has 0 rings (SSSR count). The minimum absolute atomic E-state index is 0.272. The van der Waals surface area contributed by atoms with Crippen LogP contribution < -0.4 is 32.3 Å². The van der Waals surface area contributed by atoms with Gasteiger partial charge in [0.15, 0.2) is 0 Å². The molecule has 13 nitrogen and oxygen atoms in total. The molecule has 0 spiro atoms. The zero-order valence-corrected chi connectivity index (χ0v) is 15.0. The number of nitrogens with one attached hydrogen (secondary N) is 5. The van der Waals surface area contributed by atoms with Crippen LogP contribution in [0.4, 0.5) is 0 Å². The Hall–Kier alpha value is -3.22. The third kappa shape index (κ3) is 11.1. The monoisotopic (exact) mass is 388 g/mol. The quantitative estimate of drug-likeness (QED) is 0.183.